The van der Waals surface area contributed by atoms with E-state index in [0.717, 1.165) is 16.5 Å². The molecular weight excluding hydrogens is 278 g/mol. The van der Waals surface area contributed by atoms with Gasteiger partial charge in [-0.2, -0.15) is 4.73 Å². The molecule has 0 aliphatic rings. The lowest BCUT2D eigenvalue weighted by Gasteiger charge is -2.07. The second-order valence-electron chi connectivity index (χ2n) is 6.02. The topological polar surface area (TPSA) is 75.6 Å². The molecular formula is C17H19N3O2. The van der Waals surface area contributed by atoms with Crippen LogP contribution in [0.3, 0.4) is 0 Å². The van der Waals surface area contributed by atoms with Crippen molar-refractivity contribution >= 4 is 10.9 Å². The van der Waals surface area contributed by atoms with Crippen molar-refractivity contribution in [3.05, 3.63) is 69.2 Å². The highest BCUT2D eigenvalue weighted by Crippen LogP contribution is 2.19. The first kappa shape index (κ1) is 14.4. The highest BCUT2D eigenvalue weighted by molar-refractivity contribution is 5.83. The van der Waals surface area contributed by atoms with Crippen LogP contribution in [-0.2, 0) is 12.8 Å². The number of H-pyrrole nitrogens is 2. The summed E-state index contributed by atoms with van der Waals surface area (Å²) in [5.74, 6) is 0.265. The van der Waals surface area contributed by atoms with E-state index in [4.69, 9.17) is 0 Å². The van der Waals surface area contributed by atoms with Crippen LogP contribution < -0.4 is 10.3 Å². The van der Waals surface area contributed by atoms with Crippen molar-refractivity contribution in [3.63, 3.8) is 0 Å². The Bertz CT molecular complexity index is 862. The van der Waals surface area contributed by atoms with E-state index in [9.17, 15) is 10.0 Å². The summed E-state index contributed by atoms with van der Waals surface area (Å²) in [7, 11) is 0. The summed E-state index contributed by atoms with van der Waals surface area (Å²) in [6.45, 7) is 3.97. The minimum atomic E-state index is -0.291. The number of fused-ring (bicyclic) bond motifs is 1. The number of para-hydroxylation sites is 1. The van der Waals surface area contributed by atoms with E-state index in [0.29, 0.717) is 23.3 Å². The standard InChI is InChI=1S/C17H19N3O2/c1-11(2)7-16-17(21)19-13(10-20(16)22)8-12-9-18-15-6-4-3-5-14(12)15/h3-6,9-11,18H,7-8H2,1-2H3,(H,19,21). The first-order chi connectivity index (χ1) is 10.5. The zero-order valence-electron chi connectivity index (χ0n) is 12.7. The van der Waals surface area contributed by atoms with Crippen LogP contribution in [0.15, 0.2) is 41.5 Å². The van der Waals surface area contributed by atoms with Crippen LogP contribution in [0, 0.1) is 11.1 Å². The largest absolute Gasteiger partial charge is 0.618 e. The van der Waals surface area contributed by atoms with Gasteiger partial charge in [0.1, 0.15) is 0 Å². The van der Waals surface area contributed by atoms with Gasteiger partial charge in [-0.1, -0.05) is 32.0 Å². The van der Waals surface area contributed by atoms with E-state index < -0.39 is 0 Å². The summed E-state index contributed by atoms with van der Waals surface area (Å²) < 4.78 is 0.711. The summed E-state index contributed by atoms with van der Waals surface area (Å²) in [5.41, 5.74) is 2.71. The smallest absolute Gasteiger partial charge is 0.317 e. The molecule has 0 radical (unpaired) electrons. The van der Waals surface area contributed by atoms with Gasteiger partial charge < -0.3 is 15.2 Å². The molecule has 0 aliphatic heterocycles. The minimum Gasteiger partial charge on any atom is -0.618 e. The Morgan fingerprint density at radius 3 is 2.77 bits per heavy atom. The van der Waals surface area contributed by atoms with Crippen LogP contribution >= 0.6 is 0 Å². The predicted molar refractivity (Wildman–Crippen MR) is 85.7 cm³/mol. The van der Waals surface area contributed by atoms with Crippen LogP contribution in [0.25, 0.3) is 10.9 Å². The average Bonchev–Trinajstić information content (AvgIpc) is 2.86. The van der Waals surface area contributed by atoms with Crippen molar-refractivity contribution in [1.82, 2.24) is 9.97 Å². The molecule has 0 unspecified atom stereocenters. The summed E-state index contributed by atoms with van der Waals surface area (Å²) in [4.78, 5) is 18.1. The molecule has 3 aromatic rings. The van der Waals surface area contributed by atoms with E-state index >= 15 is 0 Å². The van der Waals surface area contributed by atoms with Crippen molar-refractivity contribution in [2.24, 2.45) is 5.92 Å². The summed E-state index contributed by atoms with van der Waals surface area (Å²) in [6.07, 6.45) is 4.39. The van der Waals surface area contributed by atoms with Crippen molar-refractivity contribution < 1.29 is 4.73 Å². The Morgan fingerprint density at radius 1 is 1.27 bits per heavy atom. The molecule has 2 aromatic heterocycles. The maximum absolute atomic E-state index is 12.1. The molecule has 2 heterocycles. The van der Waals surface area contributed by atoms with Gasteiger partial charge >= 0.3 is 5.56 Å². The zero-order valence-corrected chi connectivity index (χ0v) is 12.7. The molecule has 114 valence electrons. The van der Waals surface area contributed by atoms with Gasteiger partial charge in [0.25, 0.3) is 5.69 Å². The maximum atomic E-state index is 12.1. The second kappa shape index (κ2) is 5.67. The number of benzene rings is 1. The van der Waals surface area contributed by atoms with Gasteiger partial charge in [-0.15, -0.1) is 0 Å². The first-order valence-corrected chi connectivity index (χ1v) is 7.44. The predicted octanol–water partition coefficient (Wildman–Crippen LogP) is 2.28. The van der Waals surface area contributed by atoms with Gasteiger partial charge in [-0.3, -0.25) is 4.79 Å². The molecule has 0 aliphatic carbocycles. The van der Waals surface area contributed by atoms with Gasteiger partial charge in [0.2, 0.25) is 6.20 Å². The molecule has 0 bridgehead atoms. The van der Waals surface area contributed by atoms with Crippen LogP contribution in [-0.4, -0.2) is 9.97 Å². The molecule has 0 amide bonds. The maximum Gasteiger partial charge on any atom is 0.317 e. The Labute approximate surface area is 128 Å². The summed E-state index contributed by atoms with van der Waals surface area (Å²) in [5, 5.41) is 13.2. The molecule has 5 heteroatoms. The molecule has 22 heavy (non-hydrogen) atoms. The fourth-order valence-electron chi connectivity index (χ4n) is 2.71. The Morgan fingerprint density at radius 2 is 2.05 bits per heavy atom. The number of nitrogens with one attached hydrogen (secondary N) is 2. The third kappa shape index (κ3) is 2.74. The number of hydrogen-bond acceptors (Lipinski definition) is 2. The van der Waals surface area contributed by atoms with E-state index in [-0.39, 0.29) is 17.2 Å². The van der Waals surface area contributed by atoms with Gasteiger partial charge in [-0.05, 0) is 17.5 Å². The van der Waals surface area contributed by atoms with Gasteiger partial charge in [0.05, 0.1) is 5.69 Å². The molecule has 2 N–H and O–H groups in total. The van der Waals surface area contributed by atoms with Crippen molar-refractivity contribution in [2.75, 3.05) is 0 Å². The number of hydrogen-bond donors (Lipinski definition) is 2. The van der Waals surface area contributed by atoms with Gasteiger partial charge in [-0.25, -0.2) is 0 Å². The molecule has 1 aromatic carbocycles. The van der Waals surface area contributed by atoms with Gasteiger partial charge in [0, 0.05) is 29.9 Å². The lowest BCUT2D eigenvalue weighted by atomic mass is 10.1. The molecule has 3 rings (SSSR count). The molecule has 0 atom stereocenters. The fraction of sp³-hybridized carbons (Fsp3) is 0.294. The average molecular weight is 297 g/mol. The van der Waals surface area contributed by atoms with Crippen LogP contribution in [0.2, 0.25) is 0 Å². The third-order valence-corrected chi connectivity index (χ3v) is 3.73. The van der Waals surface area contributed by atoms with E-state index in [1.54, 1.807) is 0 Å². The minimum absolute atomic E-state index is 0.265. The molecule has 0 saturated heterocycles. The normalized spacial score (nSPS) is 11.4. The lowest BCUT2D eigenvalue weighted by molar-refractivity contribution is -0.616. The fourth-order valence-corrected chi connectivity index (χ4v) is 2.71. The van der Waals surface area contributed by atoms with Crippen LogP contribution in [0.4, 0.5) is 0 Å². The van der Waals surface area contributed by atoms with Crippen LogP contribution in [0.5, 0.6) is 0 Å². The second-order valence-corrected chi connectivity index (χ2v) is 6.02. The van der Waals surface area contributed by atoms with Gasteiger partial charge in [0.15, 0.2) is 0 Å². The Hall–Kier alpha value is -2.56. The van der Waals surface area contributed by atoms with E-state index in [2.05, 4.69) is 9.97 Å². The molecule has 5 nitrogen and oxygen atoms in total. The molecule has 0 saturated carbocycles. The summed E-state index contributed by atoms with van der Waals surface area (Å²) >= 11 is 0. The summed E-state index contributed by atoms with van der Waals surface area (Å²) in [6, 6.07) is 7.97. The van der Waals surface area contributed by atoms with E-state index in [1.165, 1.54) is 6.20 Å². The Balaban J connectivity index is 1.95. The highest BCUT2D eigenvalue weighted by Gasteiger charge is 2.16. The monoisotopic (exact) mass is 297 g/mol. The number of aromatic nitrogens is 3. The van der Waals surface area contributed by atoms with Crippen LogP contribution in [0.1, 0.15) is 30.8 Å². The van der Waals surface area contributed by atoms with Crippen molar-refractivity contribution in [3.8, 4) is 0 Å². The SMILES string of the molecule is CC(C)Cc1c(=O)[nH]c(Cc2c[nH]c3ccccc23)c[n+]1[O-]. The highest BCUT2D eigenvalue weighted by atomic mass is 16.5. The molecule has 0 fully saturated rings. The Kier molecular flexibility index (Phi) is 3.71. The van der Waals surface area contributed by atoms with E-state index in [1.807, 2.05) is 44.3 Å². The lowest BCUT2D eigenvalue weighted by Crippen LogP contribution is -2.41. The van der Waals surface area contributed by atoms with Crippen molar-refractivity contribution in [1.29, 1.82) is 0 Å². The number of aromatic amines is 2. The number of rotatable bonds is 4. The molecule has 0 spiro atoms. The quantitative estimate of drug-likeness (QED) is 0.572. The zero-order chi connectivity index (χ0) is 15.7. The van der Waals surface area contributed by atoms with Crippen molar-refractivity contribution in [2.45, 2.75) is 26.7 Å². The first-order valence-electron chi connectivity index (χ1n) is 7.44. The third-order valence-electron chi connectivity index (χ3n) is 3.73. The number of nitrogens with zero attached hydrogens (tertiary/aromatic N) is 1.